The molecular weight excluding hydrogens is 206 g/mol. The van der Waals surface area contributed by atoms with E-state index in [9.17, 15) is 0 Å². The van der Waals surface area contributed by atoms with E-state index in [-0.39, 0.29) is 0 Å². The Bertz CT molecular complexity index is 333. The van der Waals surface area contributed by atoms with Crippen molar-refractivity contribution in [3.63, 3.8) is 0 Å². The number of rotatable bonds is 4. The molecule has 1 nitrogen and oxygen atoms in total. The Kier molecular flexibility index (Phi) is 4.22. The Morgan fingerprint density at radius 2 is 1.65 bits per heavy atom. The second kappa shape index (κ2) is 5.68. The van der Waals surface area contributed by atoms with Crippen molar-refractivity contribution >= 4 is 0 Å². The maximum atomic E-state index is 2.67. The smallest absolute Gasteiger partial charge is 0.0350 e. The van der Waals surface area contributed by atoms with E-state index in [1.54, 1.807) is 0 Å². The zero-order chi connectivity index (χ0) is 12.3. The molecule has 1 atom stereocenters. The van der Waals surface area contributed by atoms with E-state index in [0.29, 0.717) is 6.04 Å². The molecule has 1 heteroatoms. The number of likely N-dealkylation sites (tertiary alicyclic amines) is 1. The molecule has 1 saturated heterocycles. The monoisotopic (exact) mass is 231 g/mol. The molecule has 2 rings (SSSR count). The Hall–Kier alpha value is -0.820. The van der Waals surface area contributed by atoms with Crippen molar-refractivity contribution in [3.05, 3.63) is 35.4 Å². The van der Waals surface area contributed by atoms with Crippen LogP contribution >= 0.6 is 0 Å². The normalized spacial score (nSPS) is 18.8. The minimum atomic E-state index is 0.637. The second-order valence-corrected chi connectivity index (χ2v) is 5.80. The predicted octanol–water partition coefficient (Wildman–Crippen LogP) is 4.18. The molecule has 1 unspecified atom stereocenters. The maximum absolute atomic E-state index is 2.67. The van der Waals surface area contributed by atoms with Crippen LogP contribution in [0.2, 0.25) is 0 Å². The second-order valence-electron chi connectivity index (χ2n) is 5.80. The Balaban J connectivity index is 2.16. The molecule has 1 aromatic carbocycles. The van der Waals surface area contributed by atoms with E-state index < -0.39 is 0 Å². The van der Waals surface area contributed by atoms with Gasteiger partial charge in [-0.05, 0) is 50.8 Å². The Labute approximate surface area is 106 Å². The van der Waals surface area contributed by atoms with E-state index in [1.807, 2.05) is 0 Å². The molecule has 1 aliphatic rings. The summed E-state index contributed by atoms with van der Waals surface area (Å²) in [6.07, 6.45) is 4.03. The quantitative estimate of drug-likeness (QED) is 0.751. The summed E-state index contributed by atoms with van der Waals surface area (Å²) < 4.78 is 0. The van der Waals surface area contributed by atoms with Gasteiger partial charge in [0.2, 0.25) is 0 Å². The highest BCUT2D eigenvalue weighted by Gasteiger charge is 2.23. The van der Waals surface area contributed by atoms with Crippen molar-refractivity contribution in [2.45, 2.75) is 46.1 Å². The fraction of sp³-hybridized carbons (Fsp3) is 0.625. The van der Waals surface area contributed by atoms with Crippen molar-refractivity contribution in [2.75, 3.05) is 13.1 Å². The number of hydrogen-bond donors (Lipinski definition) is 0. The average molecular weight is 231 g/mol. The number of aryl methyl sites for hydroxylation is 1. The lowest BCUT2D eigenvalue weighted by atomic mass is 9.95. The summed E-state index contributed by atoms with van der Waals surface area (Å²) >= 11 is 0. The lowest BCUT2D eigenvalue weighted by Crippen LogP contribution is -2.26. The molecule has 0 bridgehead atoms. The molecule has 0 aromatic heterocycles. The van der Waals surface area contributed by atoms with Crippen LogP contribution in [0.1, 0.15) is 50.3 Å². The molecule has 1 fully saturated rings. The molecule has 0 aliphatic carbocycles. The zero-order valence-corrected chi connectivity index (χ0v) is 11.4. The molecule has 0 N–H and O–H groups in total. The van der Waals surface area contributed by atoms with Gasteiger partial charge in [-0.15, -0.1) is 0 Å². The third-order valence-corrected chi connectivity index (χ3v) is 3.74. The van der Waals surface area contributed by atoms with Crippen LogP contribution in [-0.2, 0) is 0 Å². The van der Waals surface area contributed by atoms with Gasteiger partial charge in [0.1, 0.15) is 0 Å². The van der Waals surface area contributed by atoms with Crippen LogP contribution in [0.4, 0.5) is 0 Å². The van der Waals surface area contributed by atoms with Gasteiger partial charge in [0.15, 0.2) is 0 Å². The first-order valence-corrected chi connectivity index (χ1v) is 6.97. The minimum absolute atomic E-state index is 0.637. The van der Waals surface area contributed by atoms with Gasteiger partial charge in [-0.2, -0.15) is 0 Å². The molecule has 17 heavy (non-hydrogen) atoms. The average Bonchev–Trinajstić information content (AvgIpc) is 2.80. The summed E-state index contributed by atoms with van der Waals surface area (Å²) in [6, 6.07) is 9.77. The van der Waals surface area contributed by atoms with E-state index in [4.69, 9.17) is 0 Å². The number of hydrogen-bond acceptors (Lipinski definition) is 1. The molecule has 1 aromatic rings. The standard InChI is InChI=1S/C16H25N/c1-13(2)12-16(17-10-4-5-11-17)15-8-6-14(3)7-9-15/h6-9,13,16H,4-5,10-12H2,1-3H3. The number of nitrogens with zero attached hydrogens (tertiary/aromatic N) is 1. The van der Waals surface area contributed by atoms with Gasteiger partial charge < -0.3 is 0 Å². The first-order valence-electron chi connectivity index (χ1n) is 6.97. The van der Waals surface area contributed by atoms with Crippen molar-refractivity contribution in [1.82, 2.24) is 4.90 Å². The summed E-state index contributed by atoms with van der Waals surface area (Å²) in [4.78, 5) is 2.67. The molecule has 1 heterocycles. The van der Waals surface area contributed by atoms with Gasteiger partial charge in [0.25, 0.3) is 0 Å². The minimum Gasteiger partial charge on any atom is -0.296 e. The summed E-state index contributed by atoms with van der Waals surface area (Å²) in [7, 11) is 0. The van der Waals surface area contributed by atoms with E-state index >= 15 is 0 Å². The molecule has 0 amide bonds. The molecule has 0 spiro atoms. The van der Waals surface area contributed by atoms with E-state index in [0.717, 1.165) is 5.92 Å². The summed E-state index contributed by atoms with van der Waals surface area (Å²) in [5.41, 5.74) is 2.87. The number of benzene rings is 1. The molecule has 1 aliphatic heterocycles. The molecular formula is C16H25N. The van der Waals surface area contributed by atoms with Gasteiger partial charge in [-0.1, -0.05) is 43.7 Å². The van der Waals surface area contributed by atoms with Gasteiger partial charge >= 0.3 is 0 Å². The Morgan fingerprint density at radius 3 is 2.18 bits per heavy atom. The van der Waals surface area contributed by atoms with Crippen LogP contribution in [0.3, 0.4) is 0 Å². The van der Waals surface area contributed by atoms with E-state index in [1.165, 1.54) is 43.5 Å². The van der Waals surface area contributed by atoms with Gasteiger partial charge in [0.05, 0.1) is 0 Å². The zero-order valence-electron chi connectivity index (χ0n) is 11.4. The molecule has 0 radical (unpaired) electrons. The lowest BCUT2D eigenvalue weighted by Gasteiger charge is -2.29. The van der Waals surface area contributed by atoms with Crippen molar-refractivity contribution < 1.29 is 0 Å². The van der Waals surface area contributed by atoms with Crippen LogP contribution in [0.5, 0.6) is 0 Å². The topological polar surface area (TPSA) is 3.24 Å². The fourth-order valence-electron chi connectivity index (χ4n) is 2.78. The highest BCUT2D eigenvalue weighted by Crippen LogP contribution is 2.30. The first kappa shape index (κ1) is 12.6. The van der Waals surface area contributed by atoms with Crippen molar-refractivity contribution in [3.8, 4) is 0 Å². The predicted molar refractivity (Wildman–Crippen MR) is 74.2 cm³/mol. The van der Waals surface area contributed by atoms with Gasteiger partial charge in [0, 0.05) is 6.04 Å². The molecule has 94 valence electrons. The summed E-state index contributed by atoms with van der Waals surface area (Å²) in [5, 5.41) is 0. The third-order valence-electron chi connectivity index (χ3n) is 3.74. The largest absolute Gasteiger partial charge is 0.296 e. The van der Waals surface area contributed by atoms with Gasteiger partial charge in [-0.25, -0.2) is 0 Å². The van der Waals surface area contributed by atoms with Crippen LogP contribution in [0.15, 0.2) is 24.3 Å². The van der Waals surface area contributed by atoms with Crippen molar-refractivity contribution in [1.29, 1.82) is 0 Å². The van der Waals surface area contributed by atoms with Crippen LogP contribution in [-0.4, -0.2) is 18.0 Å². The fourth-order valence-corrected chi connectivity index (χ4v) is 2.78. The van der Waals surface area contributed by atoms with Crippen LogP contribution < -0.4 is 0 Å². The summed E-state index contributed by atoms with van der Waals surface area (Å²) in [6.45, 7) is 9.39. The first-order chi connectivity index (χ1) is 8.16. The van der Waals surface area contributed by atoms with E-state index in [2.05, 4.69) is 49.9 Å². The summed E-state index contributed by atoms with van der Waals surface area (Å²) in [5.74, 6) is 0.766. The Morgan fingerprint density at radius 1 is 1.06 bits per heavy atom. The van der Waals surface area contributed by atoms with Crippen LogP contribution in [0.25, 0.3) is 0 Å². The van der Waals surface area contributed by atoms with Gasteiger partial charge in [-0.3, -0.25) is 4.90 Å². The highest BCUT2D eigenvalue weighted by molar-refractivity contribution is 5.24. The van der Waals surface area contributed by atoms with Crippen molar-refractivity contribution in [2.24, 2.45) is 5.92 Å². The molecule has 0 saturated carbocycles. The SMILES string of the molecule is Cc1ccc(C(CC(C)C)N2CCCC2)cc1. The maximum Gasteiger partial charge on any atom is 0.0350 e. The lowest BCUT2D eigenvalue weighted by molar-refractivity contribution is 0.215. The highest BCUT2D eigenvalue weighted by atomic mass is 15.2. The van der Waals surface area contributed by atoms with Crippen LogP contribution in [0, 0.1) is 12.8 Å². The third kappa shape index (κ3) is 3.32.